The lowest BCUT2D eigenvalue weighted by atomic mass is 10.1. The summed E-state index contributed by atoms with van der Waals surface area (Å²) in [5.41, 5.74) is 0.770. The Hall–Kier alpha value is -1.22. The minimum atomic E-state index is 0.0789. The molecule has 3 nitrogen and oxygen atoms in total. The van der Waals surface area contributed by atoms with E-state index in [0.717, 1.165) is 5.56 Å². The van der Waals surface area contributed by atoms with Crippen molar-refractivity contribution in [1.82, 2.24) is 5.32 Å². The molecular formula is C13H19NO2. The Morgan fingerprint density at radius 1 is 1.25 bits per heavy atom. The molecule has 0 bridgehead atoms. The quantitative estimate of drug-likeness (QED) is 0.688. The third-order valence-electron chi connectivity index (χ3n) is 3.32. The lowest BCUT2D eigenvalue weighted by molar-refractivity contribution is 0.420. The number of hydrogen-bond donors (Lipinski definition) is 3. The highest BCUT2D eigenvalue weighted by Crippen LogP contribution is 2.29. The summed E-state index contributed by atoms with van der Waals surface area (Å²) in [6.07, 6.45) is 5.00. The molecule has 0 saturated heterocycles. The molecule has 0 amide bonds. The number of rotatable bonds is 3. The fraction of sp³-hybridized carbons (Fsp3) is 0.538. The molecule has 2 rings (SSSR count). The zero-order chi connectivity index (χ0) is 11.5. The van der Waals surface area contributed by atoms with E-state index >= 15 is 0 Å². The van der Waals surface area contributed by atoms with Crippen LogP contribution in [0.2, 0.25) is 0 Å². The van der Waals surface area contributed by atoms with Crippen molar-refractivity contribution in [2.24, 2.45) is 0 Å². The molecule has 3 heteroatoms. The van der Waals surface area contributed by atoms with Crippen LogP contribution in [-0.4, -0.2) is 16.3 Å². The highest BCUT2D eigenvalue weighted by Gasteiger charge is 2.19. The van der Waals surface area contributed by atoms with Gasteiger partial charge >= 0.3 is 0 Å². The lowest BCUT2D eigenvalue weighted by Crippen LogP contribution is -2.28. The van der Waals surface area contributed by atoms with E-state index < -0.39 is 0 Å². The van der Waals surface area contributed by atoms with Gasteiger partial charge in [-0.1, -0.05) is 12.8 Å². The molecule has 0 radical (unpaired) electrons. The number of aromatic hydroxyl groups is 2. The van der Waals surface area contributed by atoms with Crippen LogP contribution in [0.1, 0.15) is 44.2 Å². The van der Waals surface area contributed by atoms with Gasteiger partial charge in [-0.25, -0.2) is 0 Å². The first-order valence-electron chi connectivity index (χ1n) is 5.95. The van der Waals surface area contributed by atoms with Crippen LogP contribution in [0.5, 0.6) is 11.5 Å². The van der Waals surface area contributed by atoms with Crippen LogP contribution < -0.4 is 5.32 Å². The second-order valence-electron chi connectivity index (χ2n) is 4.61. The fourth-order valence-corrected chi connectivity index (χ4v) is 2.42. The maximum absolute atomic E-state index is 9.73. The first-order chi connectivity index (χ1) is 7.66. The summed E-state index contributed by atoms with van der Waals surface area (Å²) in [6, 6.07) is 5.30. The second kappa shape index (κ2) is 4.74. The van der Waals surface area contributed by atoms with Crippen molar-refractivity contribution in [2.45, 2.75) is 44.7 Å². The van der Waals surface area contributed by atoms with E-state index in [9.17, 15) is 10.2 Å². The van der Waals surface area contributed by atoms with Crippen LogP contribution in [0.3, 0.4) is 0 Å². The van der Waals surface area contributed by atoms with E-state index in [2.05, 4.69) is 5.32 Å². The van der Waals surface area contributed by atoms with Crippen LogP contribution in [0, 0.1) is 0 Å². The van der Waals surface area contributed by atoms with Gasteiger partial charge in [0.25, 0.3) is 0 Å². The van der Waals surface area contributed by atoms with Crippen LogP contribution in [-0.2, 0) is 0 Å². The minimum Gasteiger partial charge on any atom is -0.508 e. The molecule has 0 spiro atoms. The maximum atomic E-state index is 9.73. The van der Waals surface area contributed by atoms with Gasteiger partial charge in [0, 0.05) is 17.6 Å². The van der Waals surface area contributed by atoms with Gasteiger partial charge in [-0.2, -0.15) is 0 Å². The molecule has 0 aliphatic heterocycles. The van der Waals surface area contributed by atoms with Crippen molar-refractivity contribution in [3.05, 3.63) is 23.8 Å². The third-order valence-corrected chi connectivity index (χ3v) is 3.32. The molecule has 0 heterocycles. The summed E-state index contributed by atoms with van der Waals surface area (Å²) < 4.78 is 0. The number of phenols is 2. The van der Waals surface area contributed by atoms with Crippen molar-refractivity contribution in [3.63, 3.8) is 0 Å². The first-order valence-corrected chi connectivity index (χ1v) is 5.95. The average Bonchev–Trinajstić information content (AvgIpc) is 2.74. The Balaban J connectivity index is 2.07. The SMILES string of the molecule is CC(NC1CCCC1)c1cc(O)ccc1O. The molecule has 1 aliphatic rings. The van der Waals surface area contributed by atoms with Gasteiger partial charge in [0.15, 0.2) is 0 Å². The van der Waals surface area contributed by atoms with E-state index in [0.29, 0.717) is 6.04 Å². The zero-order valence-electron chi connectivity index (χ0n) is 9.61. The first kappa shape index (κ1) is 11.3. The van der Waals surface area contributed by atoms with Gasteiger partial charge in [-0.15, -0.1) is 0 Å². The number of nitrogens with one attached hydrogen (secondary N) is 1. The molecule has 1 fully saturated rings. The predicted octanol–water partition coefficient (Wildman–Crippen LogP) is 2.69. The van der Waals surface area contributed by atoms with Crippen LogP contribution in [0.4, 0.5) is 0 Å². The minimum absolute atomic E-state index is 0.0789. The normalized spacial score (nSPS) is 18.8. The largest absolute Gasteiger partial charge is 0.508 e. The molecule has 1 aromatic carbocycles. The molecule has 1 aromatic rings. The molecule has 1 saturated carbocycles. The van der Waals surface area contributed by atoms with Crippen molar-refractivity contribution in [1.29, 1.82) is 0 Å². The van der Waals surface area contributed by atoms with Crippen molar-refractivity contribution < 1.29 is 10.2 Å². The van der Waals surface area contributed by atoms with E-state index in [1.54, 1.807) is 6.07 Å². The topological polar surface area (TPSA) is 52.5 Å². The lowest BCUT2D eigenvalue weighted by Gasteiger charge is -2.20. The summed E-state index contributed by atoms with van der Waals surface area (Å²) in [5.74, 6) is 0.448. The Labute approximate surface area is 96.1 Å². The van der Waals surface area contributed by atoms with E-state index in [1.807, 2.05) is 6.92 Å². The molecular weight excluding hydrogens is 202 g/mol. The second-order valence-corrected chi connectivity index (χ2v) is 4.61. The molecule has 16 heavy (non-hydrogen) atoms. The number of phenolic OH excluding ortho intramolecular Hbond substituents is 2. The standard InChI is InChI=1S/C13H19NO2/c1-9(14-10-4-2-3-5-10)12-8-11(15)6-7-13(12)16/h6-10,14-16H,2-5H2,1H3. The van der Waals surface area contributed by atoms with Gasteiger partial charge in [-0.05, 0) is 38.0 Å². The summed E-state index contributed by atoms with van der Waals surface area (Å²) >= 11 is 0. The zero-order valence-corrected chi connectivity index (χ0v) is 9.61. The molecule has 0 aromatic heterocycles. The summed E-state index contributed by atoms with van der Waals surface area (Å²) in [5, 5.41) is 22.6. The molecule has 1 aliphatic carbocycles. The Morgan fingerprint density at radius 3 is 2.62 bits per heavy atom. The fourth-order valence-electron chi connectivity index (χ4n) is 2.42. The van der Waals surface area contributed by atoms with Gasteiger partial charge in [0.2, 0.25) is 0 Å². The van der Waals surface area contributed by atoms with E-state index in [-0.39, 0.29) is 17.5 Å². The Bertz CT molecular complexity index is 359. The highest BCUT2D eigenvalue weighted by molar-refractivity contribution is 5.40. The van der Waals surface area contributed by atoms with Gasteiger partial charge in [-0.3, -0.25) is 0 Å². The predicted molar refractivity (Wildman–Crippen MR) is 63.6 cm³/mol. The summed E-state index contributed by atoms with van der Waals surface area (Å²) in [7, 11) is 0. The van der Waals surface area contributed by atoms with Gasteiger partial charge in [0.05, 0.1) is 0 Å². The molecule has 88 valence electrons. The van der Waals surface area contributed by atoms with E-state index in [1.165, 1.54) is 37.8 Å². The molecule has 3 N–H and O–H groups in total. The van der Waals surface area contributed by atoms with Crippen LogP contribution in [0.15, 0.2) is 18.2 Å². The maximum Gasteiger partial charge on any atom is 0.120 e. The van der Waals surface area contributed by atoms with Crippen LogP contribution in [0.25, 0.3) is 0 Å². The average molecular weight is 221 g/mol. The molecule has 1 atom stereocenters. The summed E-state index contributed by atoms with van der Waals surface area (Å²) in [6.45, 7) is 2.02. The number of hydrogen-bond acceptors (Lipinski definition) is 3. The Kier molecular flexibility index (Phi) is 3.34. The molecule has 1 unspecified atom stereocenters. The van der Waals surface area contributed by atoms with Crippen molar-refractivity contribution in [2.75, 3.05) is 0 Å². The monoisotopic (exact) mass is 221 g/mol. The van der Waals surface area contributed by atoms with Crippen molar-refractivity contribution in [3.8, 4) is 11.5 Å². The van der Waals surface area contributed by atoms with Crippen molar-refractivity contribution >= 4 is 0 Å². The smallest absolute Gasteiger partial charge is 0.120 e. The highest BCUT2D eigenvalue weighted by atomic mass is 16.3. The Morgan fingerprint density at radius 2 is 1.94 bits per heavy atom. The van der Waals surface area contributed by atoms with Crippen LogP contribution >= 0.6 is 0 Å². The number of benzene rings is 1. The third kappa shape index (κ3) is 2.47. The van der Waals surface area contributed by atoms with E-state index in [4.69, 9.17) is 0 Å². The van der Waals surface area contributed by atoms with Gasteiger partial charge in [0.1, 0.15) is 11.5 Å². The summed E-state index contributed by atoms with van der Waals surface area (Å²) in [4.78, 5) is 0. The van der Waals surface area contributed by atoms with Gasteiger partial charge < -0.3 is 15.5 Å².